The Balaban J connectivity index is 2.16. The van der Waals surface area contributed by atoms with Crippen molar-refractivity contribution < 1.29 is 18.8 Å². The maximum Gasteiger partial charge on any atom is 0.236 e. The van der Waals surface area contributed by atoms with E-state index < -0.39 is 0 Å². The highest BCUT2D eigenvalue weighted by atomic mass is 35.5. The molecule has 7 nitrogen and oxygen atoms in total. The van der Waals surface area contributed by atoms with E-state index in [-0.39, 0.29) is 18.2 Å². The lowest BCUT2D eigenvalue weighted by Crippen LogP contribution is -2.15. The molecule has 2 rings (SSSR count). The van der Waals surface area contributed by atoms with Gasteiger partial charge in [-0.05, 0) is 6.92 Å². The number of carbonyl (C=O) groups is 1. The molecule has 0 aliphatic carbocycles. The average Bonchev–Trinajstić information content (AvgIpc) is 2.85. The minimum Gasteiger partial charge on any atom is -0.495 e. The minimum absolute atomic E-state index is 0.0328. The zero-order valence-electron chi connectivity index (χ0n) is 11.8. The van der Waals surface area contributed by atoms with Crippen molar-refractivity contribution in [1.82, 2.24) is 10.1 Å². The van der Waals surface area contributed by atoms with E-state index >= 15 is 0 Å². The molecule has 1 N–H and O–H groups in total. The monoisotopic (exact) mass is 311 g/mol. The summed E-state index contributed by atoms with van der Waals surface area (Å²) in [5.74, 6) is 1.26. The van der Waals surface area contributed by atoms with Crippen LogP contribution in [0.4, 0.5) is 5.69 Å². The number of ether oxygens (including phenoxy) is 2. The number of hydrogen-bond acceptors (Lipinski definition) is 6. The van der Waals surface area contributed by atoms with Crippen molar-refractivity contribution in [3.8, 4) is 11.5 Å². The topological polar surface area (TPSA) is 86.5 Å². The van der Waals surface area contributed by atoms with Crippen molar-refractivity contribution >= 4 is 23.2 Å². The normalized spacial score (nSPS) is 10.3. The molecule has 2 aromatic rings. The van der Waals surface area contributed by atoms with Crippen molar-refractivity contribution in [1.29, 1.82) is 0 Å². The van der Waals surface area contributed by atoms with Crippen LogP contribution in [-0.4, -0.2) is 30.3 Å². The summed E-state index contributed by atoms with van der Waals surface area (Å²) in [6.07, 6.45) is -0.0328. The van der Waals surface area contributed by atoms with Crippen molar-refractivity contribution in [3.05, 3.63) is 28.9 Å². The van der Waals surface area contributed by atoms with Crippen LogP contribution in [-0.2, 0) is 11.2 Å². The first kappa shape index (κ1) is 15.1. The van der Waals surface area contributed by atoms with Gasteiger partial charge in [0.2, 0.25) is 11.8 Å². The molecule has 0 aliphatic heterocycles. The second-order valence-corrected chi connectivity index (χ2v) is 4.55. The summed E-state index contributed by atoms with van der Waals surface area (Å²) in [5, 5.41) is 6.70. The summed E-state index contributed by atoms with van der Waals surface area (Å²) in [6, 6.07) is 3.14. The number of nitrogens with zero attached hydrogens (tertiary/aromatic N) is 2. The summed E-state index contributed by atoms with van der Waals surface area (Å²) in [4.78, 5) is 15.9. The number of aryl methyl sites for hydroxylation is 1. The van der Waals surface area contributed by atoms with Gasteiger partial charge in [-0.1, -0.05) is 16.8 Å². The molecule has 0 bridgehead atoms. The number of methoxy groups -OCH3 is 2. The van der Waals surface area contributed by atoms with Gasteiger partial charge in [0.25, 0.3) is 0 Å². The van der Waals surface area contributed by atoms with Gasteiger partial charge in [0, 0.05) is 12.1 Å². The Morgan fingerprint density at radius 1 is 1.33 bits per heavy atom. The van der Waals surface area contributed by atoms with Gasteiger partial charge in [0.15, 0.2) is 5.82 Å². The number of anilines is 1. The van der Waals surface area contributed by atoms with Crippen molar-refractivity contribution in [2.45, 2.75) is 13.3 Å². The van der Waals surface area contributed by atoms with Crippen molar-refractivity contribution in [2.24, 2.45) is 0 Å². The summed E-state index contributed by atoms with van der Waals surface area (Å²) in [5.41, 5.74) is 0.444. The lowest BCUT2D eigenvalue weighted by atomic mass is 10.2. The van der Waals surface area contributed by atoms with Crippen LogP contribution in [0, 0.1) is 6.92 Å². The summed E-state index contributed by atoms with van der Waals surface area (Å²) in [6.45, 7) is 1.68. The van der Waals surface area contributed by atoms with E-state index in [4.69, 9.17) is 25.6 Å². The molecular formula is C13H14ClN3O4. The molecule has 0 fully saturated rings. The van der Waals surface area contributed by atoms with Crippen LogP contribution < -0.4 is 14.8 Å². The number of amides is 1. The lowest BCUT2D eigenvalue weighted by molar-refractivity contribution is -0.115. The van der Waals surface area contributed by atoms with Crippen LogP contribution in [0.25, 0.3) is 0 Å². The van der Waals surface area contributed by atoms with E-state index in [2.05, 4.69) is 15.5 Å². The average molecular weight is 312 g/mol. The molecule has 1 heterocycles. The Hall–Kier alpha value is -2.28. The molecular weight excluding hydrogens is 298 g/mol. The number of hydrogen-bond donors (Lipinski definition) is 1. The van der Waals surface area contributed by atoms with Gasteiger partial charge in [0.05, 0.1) is 24.9 Å². The molecule has 1 aromatic heterocycles. The Kier molecular flexibility index (Phi) is 4.64. The standard InChI is InChI=1S/C13H14ClN3O4/c1-7-15-13(21-17-7)6-12(18)16-9-5-10(19-2)8(14)4-11(9)20-3/h4-5H,6H2,1-3H3,(H,16,18). The number of aromatic nitrogens is 2. The molecule has 8 heteroatoms. The number of nitrogens with one attached hydrogen (secondary N) is 1. The summed E-state index contributed by atoms with van der Waals surface area (Å²) < 4.78 is 15.2. The largest absolute Gasteiger partial charge is 0.495 e. The SMILES string of the molecule is COc1cc(NC(=O)Cc2nc(C)no2)c(OC)cc1Cl. The van der Waals surface area contributed by atoms with E-state index in [0.29, 0.717) is 28.0 Å². The third-order valence-corrected chi connectivity index (χ3v) is 2.92. The molecule has 0 atom stereocenters. The zero-order valence-corrected chi connectivity index (χ0v) is 12.5. The molecule has 0 spiro atoms. The first-order chi connectivity index (χ1) is 10.0. The Labute approximate surface area is 126 Å². The highest BCUT2D eigenvalue weighted by molar-refractivity contribution is 6.32. The smallest absolute Gasteiger partial charge is 0.236 e. The molecule has 0 unspecified atom stereocenters. The Morgan fingerprint density at radius 2 is 2.05 bits per heavy atom. The molecule has 0 saturated carbocycles. The maximum atomic E-state index is 12.0. The Bertz CT molecular complexity index is 657. The van der Waals surface area contributed by atoms with Crippen molar-refractivity contribution in [3.63, 3.8) is 0 Å². The molecule has 1 amide bonds. The fraction of sp³-hybridized carbons (Fsp3) is 0.308. The number of halogens is 1. The quantitative estimate of drug-likeness (QED) is 0.911. The van der Waals surface area contributed by atoms with E-state index in [0.717, 1.165) is 0 Å². The summed E-state index contributed by atoms with van der Waals surface area (Å²) in [7, 11) is 2.97. The minimum atomic E-state index is -0.318. The summed E-state index contributed by atoms with van der Waals surface area (Å²) >= 11 is 6.00. The number of carbonyl (C=O) groups excluding carboxylic acids is 1. The lowest BCUT2D eigenvalue weighted by Gasteiger charge is -2.12. The van der Waals surface area contributed by atoms with Gasteiger partial charge < -0.3 is 19.3 Å². The third-order valence-electron chi connectivity index (χ3n) is 2.63. The van der Waals surface area contributed by atoms with Crippen LogP contribution in [0.3, 0.4) is 0 Å². The number of benzene rings is 1. The van der Waals surface area contributed by atoms with Crippen LogP contribution in [0.15, 0.2) is 16.7 Å². The van der Waals surface area contributed by atoms with Crippen LogP contribution >= 0.6 is 11.6 Å². The molecule has 112 valence electrons. The van der Waals surface area contributed by atoms with Crippen LogP contribution in [0.2, 0.25) is 5.02 Å². The van der Waals surface area contributed by atoms with Crippen molar-refractivity contribution in [2.75, 3.05) is 19.5 Å². The number of rotatable bonds is 5. The first-order valence-electron chi connectivity index (χ1n) is 6.04. The Morgan fingerprint density at radius 3 is 2.62 bits per heavy atom. The van der Waals surface area contributed by atoms with Gasteiger partial charge in [-0.15, -0.1) is 0 Å². The second-order valence-electron chi connectivity index (χ2n) is 4.15. The van der Waals surface area contributed by atoms with E-state index in [9.17, 15) is 4.79 Å². The zero-order chi connectivity index (χ0) is 15.4. The predicted octanol–water partition coefficient (Wildman–Crippen LogP) is 2.23. The van der Waals surface area contributed by atoms with Gasteiger partial charge in [0.1, 0.15) is 17.9 Å². The molecule has 0 radical (unpaired) electrons. The molecule has 21 heavy (non-hydrogen) atoms. The van der Waals surface area contributed by atoms with Gasteiger partial charge >= 0.3 is 0 Å². The third kappa shape index (κ3) is 3.63. The van der Waals surface area contributed by atoms with Gasteiger partial charge in [-0.2, -0.15) is 4.98 Å². The van der Waals surface area contributed by atoms with Crippen LogP contribution in [0.1, 0.15) is 11.7 Å². The highest BCUT2D eigenvalue weighted by Crippen LogP contribution is 2.35. The maximum absolute atomic E-state index is 12.0. The van der Waals surface area contributed by atoms with Gasteiger partial charge in [-0.3, -0.25) is 4.79 Å². The van der Waals surface area contributed by atoms with Gasteiger partial charge in [-0.25, -0.2) is 0 Å². The predicted molar refractivity (Wildman–Crippen MR) is 75.9 cm³/mol. The van der Waals surface area contributed by atoms with Crippen LogP contribution in [0.5, 0.6) is 11.5 Å². The fourth-order valence-electron chi connectivity index (χ4n) is 1.70. The highest BCUT2D eigenvalue weighted by Gasteiger charge is 2.15. The molecule has 1 aromatic carbocycles. The van der Waals surface area contributed by atoms with E-state index in [1.54, 1.807) is 19.1 Å². The molecule has 0 aliphatic rings. The van der Waals surface area contributed by atoms with E-state index in [1.165, 1.54) is 14.2 Å². The van der Waals surface area contributed by atoms with E-state index in [1.807, 2.05) is 0 Å². The second kappa shape index (κ2) is 6.45. The molecule has 0 saturated heterocycles. The first-order valence-corrected chi connectivity index (χ1v) is 6.42. The fourth-order valence-corrected chi connectivity index (χ4v) is 1.93.